The van der Waals surface area contributed by atoms with E-state index in [4.69, 9.17) is 0 Å². The number of nitrogens with zero attached hydrogens (tertiary/aromatic N) is 2. The molecule has 148 valence electrons. The zero-order valence-corrected chi connectivity index (χ0v) is 15.9. The molecule has 1 aromatic carbocycles. The second-order valence-electron chi connectivity index (χ2n) is 8.38. The van der Waals surface area contributed by atoms with E-state index in [1.807, 2.05) is 0 Å². The molecule has 1 unspecified atom stereocenters. The molecule has 0 radical (unpaired) electrons. The van der Waals surface area contributed by atoms with Gasteiger partial charge in [0.1, 0.15) is 0 Å². The van der Waals surface area contributed by atoms with Crippen molar-refractivity contribution in [1.82, 2.24) is 9.80 Å². The molecule has 7 nitrogen and oxygen atoms in total. The van der Waals surface area contributed by atoms with Crippen LogP contribution in [0, 0.1) is 5.41 Å². The van der Waals surface area contributed by atoms with Crippen LogP contribution in [-0.2, 0) is 4.79 Å². The molecule has 1 aromatic rings. The molecule has 2 aliphatic heterocycles. The van der Waals surface area contributed by atoms with Gasteiger partial charge < -0.3 is 10.0 Å². The van der Waals surface area contributed by atoms with Crippen molar-refractivity contribution >= 4 is 23.7 Å². The molecule has 1 atom stereocenters. The second-order valence-corrected chi connectivity index (χ2v) is 8.38. The number of likely N-dealkylation sites (tertiary alicyclic amines) is 1. The summed E-state index contributed by atoms with van der Waals surface area (Å²) in [7, 11) is 0. The van der Waals surface area contributed by atoms with E-state index in [0.29, 0.717) is 24.1 Å². The Hall–Kier alpha value is -2.70. The van der Waals surface area contributed by atoms with Crippen LogP contribution < -0.4 is 0 Å². The molecule has 2 fully saturated rings. The lowest BCUT2D eigenvalue weighted by molar-refractivity contribution is -0.147. The first-order chi connectivity index (χ1) is 13.3. The monoisotopic (exact) mass is 384 g/mol. The van der Waals surface area contributed by atoms with Gasteiger partial charge in [0.25, 0.3) is 17.7 Å². The Morgan fingerprint density at radius 3 is 2.39 bits per heavy atom. The van der Waals surface area contributed by atoms with E-state index in [0.717, 1.165) is 32.1 Å². The van der Waals surface area contributed by atoms with E-state index in [2.05, 4.69) is 0 Å². The van der Waals surface area contributed by atoms with E-state index in [1.54, 1.807) is 19.1 Å². The first-order valence-corrected chi connectivity index (χ1v) is 9.86. The number of carboxylic acids is 1. The Kier molecular flexibility index (Phi) is 4.48. The van der Waals surface area contributed by atoms with Crippen LogP contribution in [-0.4, -0.2) is 57.7 Å². The van der Waals surface area contributed by atoms with Gasteiger partial charge in [0.05, 0.1) is 16.5 Å². The van der Waals surface area contributed by atoms with Crippen molar-refractivity contribution in [3.63, 3.8) is 0 Å². The highest BCUT2D eigenvalue weighted by Gasteiger charge is 2.43. The maximum Gasteiger partial charge on any atom is 0.311 e. The lowest BCUT2D eigenvalue weighted by Crippen LogP contribution is -2.40. The van der Waals surface area contributed by atoms with Gasteiger partial charge in [-0.1, -0.05) is 19.3 Å². The topological polar surface area (TPSA) is 95.0 Å². The van der Waals surface area contributed by atoms with E-state index in [-0.39, 0.29) is 35.9 Å². The molecule has 3 amide bonds. The minimum Gasteiger partial charge on any atom is -0.481 e. The molecule has 1 saturated heterocycles. The quantitative estimate of drug-likeness (QED) is 0.808. The van der Waals surface area contributed by atoms with Crippen LogP contribution in [0.3, 0.4) is 0 Å². The number of carbonyl (C=O) groups is 4. The standard InChI is InChI=1S/C21H24N2O5/c1-21(20(27)28)9-10-22(12-21)17(24)13-7-8-15-16(11-13)19(26)23(18(15)25)14-5-3-2-4-6-14/h7-8,11,14H,2-6,9-10,12H2,1H3,(H,27,28). The summed E-state index contributed by atoms with van der Waals surface area (Å²) in [4.78, 5) is 52.8. The normalized spacial score (nSPS) is 25.3. The maximum atomic E-state index is 12.9. The molecule has 4 rings (SSSR count). The lowest BCUT2D eigenvalue weighted by Gasteiger charge is -2.29. The minimum absolute atomic E-state index is 0.0600. The number of amides is 3. The van der Waals surface area contributed by atoms with Crippen molar-refractivity contribution in [1.29, 1.82) is 0 Å². The smallest absolute Gasteiger partial charge is 0.311 e. The van der Waals surface area contributed by atoms with Crippen LogP contribution in [0.1, 0.15) is 76.5 Å². The van der Waals surface area contributed by atoms with E-state index < -0.39 is 11.4 Å². The number of hydrogen-bond acceptors (Lipinski definition) is 4. The summed E-state index contributed by atoms with van der Waals surface area (Å²) in [5.74, 6) is -1.81. The first-order valence-electron chi connectivity index (χ1n) is 9.86. The van der Waals surface area contributed by atoms with Gasteiger partial charge in [-0.25, -0.2) is 0 Å². The van der Waals surface area contributed by atoms with Crippen LogP contribution in [0.4, 0.5) is 0 Å². The molecule has 1 aliphatic carbocycles. The van der Waals surface area contributed by atoms with E-state index >= 15 is 0 Å². The fourth-order valence-electron chi connectivity index (χ4n) is 4.55. The summed E-state index contributed by atoms with van der Waals surface area (Å²) in [6.07, 6.45) is 5.21. The number of imide groups is 1. The third kappa shape index (κ3) is 2.89. The van der Waals surface area contributed by atoms with E-state index in [1.165, 1.54) is 15.9 Å². The SMILES string of the molecule is CC1(C(=O)O)CCN(C(=O)c2ccc3c(c2)C(=O)N(C2CCCCC2)C3=O)C1. The maximum absolute atomic E-state index is 12.9. The lowest BCUT2D eigenvalue weighted by atomic mass is 9.90. The number of aliphatic carboxylic acids is 1. The fourth-order valence-corrected chi connectivity index (χ4v) is 4.55. The number of carboxylic acid groups (broad SMARTS) is 1. The van der Waals surface area contributed by atoms with Crippen molar-refractivity contribution in [3.8, 4) is 0 Å². The average Bonchev–Trinajstić information content (AvgIpc) is 3.21. The highest BCUT2D eigenvalue weighted by Crippen LogP contribution is 2.33. The number of rotatable bonds is 3. The third-order valence-corrected chi connectivity index (χ3v) is 6.38. The summed E-state index contributed by atoms with van der Waals surface area (Å²) >= 11 is 0. The molecule has 1 N–H and O–H groups in total. The van der Waals surface area contributed by atoms with Gasteiger partial charge in [-0.05, 0) is 44.4 Å². The van der Waals surface area contributed by atoms with Crippen molar-refractivity contribution in [2.75, 3.05) is 13.1 Å². The summed E-state index contributed by atoms with van der Waals surface area (Å²) in [6, 6.07) is 4.55. The van der Waals surface area contributed by atoms with Gasteiger partial charge in [-0.3, -0.25) is 24.1 Å². The van der Waals surface area contributed by atoms with Gasteiger partial charge in [0.15, 0.2) is 0 Å². The second kappa shape index (κ2) is 6.72. The van der Waals surface area contributed by atoms with Crippen molar-refractivity contribution < 1.29 is 24.3 Å². The summed E-state index contributed by atoms with van der Waals surface area (Å²) in [5, 5.41) is 9.36. The van der Waals surface area contributed by atoms with Crippen LogP contribution in [0.5, 0.6) is 0 Å². The largest absolute Gasteiger partial charge is 0.481 e. The van der Waals surface area contributed by atoms with Crippen molar-refractivity contribution in [2.45, 2.75) is 51.5 Å². The molecule has 0 bridgehead atoms. The summed E-state index contributed by atoms with van der Waals surface area (Å²) in [5.41, 5.74) is 0.00114. The van der Waals surface area contributed by atoms with Gasteiger partial charge >= 0.3 is 5.97 Å². The van der Waals surface area contributed by atoms with Crippen LogP contribution >= 0.6 is 0 Å². The molecule has 1 saturated carbocycles. The van der Waals surface area contributed by atoms with E-state index in [9.17, 15) is 24.3 Å². The predicted octanol–water partition coefficient (Wildman–Crippen LogP) is 2.55. The minimum atomic E-state index is -0.948. The summed E-state index contributed by atoms with van der Waals surface area (Å²) < 4.78 is 0. The van der Waals surface area contributed by atoms with Crippen LogP contribution in [0.15, 0.2) is 18.2 Å². The fraction of sp³-hybridized carbons (Fsp3) is 0.524. The molecule has 0 aromatic heterocycles. The number of benzene rings is 1. The van der Waals surface area contributed by atoms with Gasteiger partial charge in [0.2, 0.25) is 0 Å². The number of carbonyl (C=O) groups excluding carboxylic acids is 3. The Morgan fingerprint density at radius 2 is 1.75 bits per heavy atom. The van der Waals surface area contributed by atoms with Crippen LogP contribution in [0.25, 0.3) is 0 Å². The van der Waals surface area contributed by atoms with Gasteiger partial charge in [0, 0.05) is 24.7 Å². The number of hydrogen-bond donors (Lipinski definition) is 1. The Balaban J connectivity index is 1.57. The zero-order valence-electron chi connectivity index (χ0n) is 15.9. The number of fused-ring (bicyclic) bond motifs is 1. The average molecular weight is 384 g/mol. The van der Waals surface area contributed by atoms with Gasteiger partial charge in [-0.15, -0.1) is 0 Å². The highest BCUT2D eigenvalue weighted by atomic mass is 16.4. The Bertz CT molecular complexity index is 874. The van der Waals surface area contributed by atoms with Gasteiger partial charge in [-0.2, -0.15) is 0 Å². The molecule has 28 heavy (non-hydrogen) atoms. The molecular weight excluding hydrogens is 360 g/mol. The Morgan fingerprint density at radius 1 is 1.07 bits per heavy atom. The zero-order chi connectivity index (χ0) is 20.1. The Labute approximate surface area is 163 Å². The highest BCUT2D eigenvalue weighted by molar-refractivity contribution is 6.22. The third-order valence-electron chi connectivity index (χ3n) is 6.38. The molecule has 0 spiro atoms. The van der Waals surface area contributed by atoms with Crippen LogP contribution in [0.2, 0.25) is 0 Å². The summed E-state index contributed by atoms with van der Waals surface area (Å²) in [6.45, 7) is 2.13. The molecule has 3 aliphatic rings. The molecule has 7 heteroatoms. The first kappa shape index (κ1) is 18.7. The molecular formula is C21H24N2O5. The molecule has 2 heterocycles. The van der Waals surface area contributed by atoms with Crippen molar-refractivity contribution in [2.24, 2.45) is 5.41 Å². The van der Waals surface area contributed by atoms with Crippen molar-refractivity contribution in [3.05, 3.63) is 34.9 Å². The predicted molar refractivity (Wildman–Crippen MR) is 100 cm³/mol.